The molecule has 7 heteroatoms. The molecule has 0 spiro atoms. The van der Waals surface area contributed by atoms with Gasteiger partial charge >= 0.3 is 34.5 Å². The molecule has 0 heterocycles. The molecule has 0 aromatic rings. The molecule has 0 aliphatic heterocycles. The van der Waals surface area contributed by atoms with Crippen molar-refractivity contribution < 1.29 is 34.3 Å². The summed E-state index contributed by atoms with van der Waals surface area (Å²) < 4.78 is 0. The second-order valence-electron chi connectivity index (χ2n) is 0.0476. The Balaban J connectivity index is -0.0000000139. The van der Waals surface area contributed by atoms with Crippen molar-refractivity contribution in [2.75, 3.05) is 0 Å². The van der Waals surface area contributed by atoms with Crippen molar-refractivity contribution in [1.29, 1.82) is 0 Å². The molecular formula is C4Cl2O4Rh. The van der Waals surface area contributed by atoms with Gasteiger partial charge in [0, 0.05) is 0 Å². The monoisotopic (exact) mass is 285 g/mol. The Bertz CT molecular complexity index is 35.3. The van der Waals surface area contributed by atoms with Crippen molar-refractivity contribution in [3.63, 3.8) is 0 Å². The summed E-state index contributed by atoms with van der Waals surface area (Å²) in [7, 11) is 9.67. The number of rotatable bonds is 0. The molecule has 8 radical (unpaired) electrons. The Labute approximate surface area is 80.9 Å². The van der Waals surface area contributed by atoms with E-state index in [9.17, 15) is 0 Å². The maximum absolute atomic E-state index is 7.50. The fourth-order valence-electron chi connectivity index (χ4n) is 0. The van der Waals surface area contributed by atoms with Gasteiger partial charge in [-0.25, -0.2) is 0 Å². The van der Waals surface area contributed by atoms with Crippen LogP contribution < -0.4 is 0 Å². The topological polar surface area (TPSA) is 68.3 Å². The fraction of sp³-hybridized carbons (Fsp3) is 0. The third kappa shape index (κ3) is 45200. The van der Waals surface area contributed by atoms with Crippen LogP contribution in [0.5, 0.6) is 0 Å². The first kappa shape index (κ1) is 30.7. The molecule has 0 rings (SSSR count). The molecule has 0 saturated carbocycles. The van der Waals surface area contributed by atoms with Crippen molar-refractivity contribution in [2.45, 2.75) is 0 Å². The van der Waals surface area contributed by atoms with Crippen molar-refractivity contribution in [3.05, 3.63) is 0 Å². The first-order chi connectivity index (χ1) is 5.41. The van der Waals surface area contributed by atoms with Crippen LogP contribution in [0.15, 0.2) is 0 Å². The van der Waals surface area contributed by atoms with Gasteiger partial charge in [-0.3, -0.25) is 19.2 Å². The predicted molar refractivity (Wildman–Crippen MR) is 34.5 cm³/mol. The molecule has 0 aromatic heterocycles. The first-order valence-corrected chi connectivity index (χ1v) is 5.29. The second-order valence-corrected chi connectivity index (χ2v) is 2.54. The van der Waals surface area contributed by atoms with Crippen LogP contribution in [0.1, 0.15) is 0 Å². The summed E-state index contributed by atoms with van der Waals surface area (Å²) in [6, 6.07) is 0. The van der Waals surface area contributed by atoms with Crippen molar-refractivity contribution in [1.82, 2.24) is 0 Å². The van der Waals surface area contributed by atoms with Crippen molar-refractivity contribution in [3.8, 4) is 0 Å². The number of hydrogen-bond donors (Lipinski definition) is 0. The fourth-order valence-corrected chi connectivity index (χ4v) is 0. The minimum absolute atomic E-state index is 0.226. The summed E-state index contributed by atoms with van der Waals surface area (Å²) in [5, 5.41) is 0. The zero-order valence-corrected chi connectivity index (χ0v) is 7.87. The summed E-state index contributed by atoms with van der Waals surface area (Å²) in [6.07, 6.45) is 0. The zero-order valence-electron chi connectivity index (χ0n) is 4.72. The van der Waals surface area contributed by atoms with Gasteiger partial charge in [0.05, 0.1) is 0 Å². The van der Waals surface area contributed by atoms with Crippen LogP contribution in [0, 0.1) is 0 Å². The molecule has 0 aliphatic rings. The van der Waals surface area contributed by atoms with E-state index in [1.54, 1.807) is 0 Å². The van der Waals surface area contributed by atoms with Crippen LogP contribution in [0.2, 0.25) is 0 Å². The average Bonchev–Trinajstić information content (AvgIpc) is 2.18. The molecule has 0 aliphatic carbocycles. The van der Waals surface area contributed by atoms with E-state index in [1.165, 1.54) is 0 Å². The van der Waals surface area contributed by atoms with E-state index in [1.807, 2.05) is 0 Å². The van der Waals surface area contributed by atoms with Gasteiger partial charge in [-0.2, -0.15) is 0 Å². The van der Waals surface area contributed by atoms with Gasteiger partial charge in [-0.05, 0) is 0 Å². The molecular weight excluding hydrogens is 286 g/mol. The second kappa shape index (κ2) is 999. The summed E-state index contributed by atoms with van der Waals surface area (Å²) in [5.41, 5.74) is 0. The van der Waals surface area contributed by atoms with Gasteiger partial charge in [0.1, 0.15) is 0 Å². The van der Waals surface area contributed by atoms with Gasteiger partial charge in [-0.1, -0.05) is 0 Å². The van der Waals surface area contributed by atoms with Crippen molar-refractivity contribution >= 4 is 46.5 Å². The zero-order chi connectivity index (χ0) is 10.7. The molecule has 0 unspecified atom stereocenters. The number of carbonyl (C=O) groups excluding carboxylic acids is 4. The van der Waals surface area contributed by atoms with E-state index in [2.05, 4.69) is 27.2 Å². The molecule has 0 N–H and O–H groups in total. The molecule has 0 aromatic carbocycles. The van der Waals surface area contributed by atoms with E-state index < -0.39 is 0 Å². The quantitative estimate of drug-likeness (QED) is 0.578. The minimum atomic E-state index is -0.226. The third-order valence-electron chi connectivity index (χ3n) is 0. The van der Waals surface area contributed by atoms with E-state index in [4.69, 9.17) is 38.6 Å². The van der Waals surface area contributed by atoms with Gasteiger partial charge < -0.3 is 0 Å². The van der Waals surface area contributed by atoms with Crippen LogP contribution in [0.3, 0.4) is 0 Å². The summed E-state index contributed by atoms with van der Waals surface area (Å²) in [5.74, 6) is 0. The normalized spacial score (nSPS) is 3.45. The number of hydrogen-bond acceptors (Lipinski definition) is 4. The predicted octanol–water partition coefficient (Wildman–Crippen LogP) is -0.212. The van der Waals surface area contributed by atoms with Crippen LogP contribution >= 0.6 is 19.4 Å². The molecule has 0 amide bonds. The van der Waals surface area contributed by atoms with Gasteiger partial charge in [0.25, 0.3) is 27.2 Å². The van der Waals surface area contributed by atoms with Crippen LogP contribution in [-0.2, 0) is 34.3 Å². The molecule has 0 fully saturated rings. The van der Waals surface area contributed by atoms with E-state index in [-0.39, 0.29) is 15.1 Å². The average molecular weight is 286 g/mol. The van der Waals surface area contributed by atoms with Gasteiger partial charge in [-0.15, -0.1) is 0 Å². The Kier molecular flexibility index (Phi) is 2790. The molecule has 11 heavy (non-hydrogen) atoms. The Morgan fingerprint density at radius 1 is 0.636 bits per heavy atom. The SMILES string of the molecule is [C]=O.[C]=O.[C]=O.[C]=O.[Cl][Rh][Cl]. The van der Waals surface area contributed by atoms with Crippen LogP contribution in [0.4, 0.5) is 0 Å². The molecule has 0 bridgehead atoms. The summed E-state index contributed by atoms with van der Waals surface area (Å²) in [6.45, 7) is 18.0. The van der Waals surface area contributed by atoms with E-state index in [0.29, 0.717) is 0 Å². The van der Waals surface area contributed by atoms with Gasteiger partial charge in [0.15, 0.2) is 0 Å². The standard InChI is InChI=1S/4CO.2ClH.Rh/c4*1-2;;;/h;;;;2*1H;/q;;;;;;+2/p-2. The van der Waals surface area contributed by atoms with Crippen LogP contribution in [-0.4, -0.2) is 27.2 Å². The summed E-state index contributed by atoms with van der Waals surface area (Å²) in [4.78, 5) is 30.0. The Morgan fingerprint density at radius 3 is 0.636 bits per heavy atom. The molecule has 0 saturated heterocycles. The maximum atomic E-state index is 7.50. The van der Waals surface area contributed by atoms with E-state index >= 15 is 0 Å². The Hall–Kier alpha value is -0.117. The number of halogens is 2. The van der Waals surface area contributed by atoms with Crippen molar-refractivity contribution in [2.24, 2.45) is 0 Å². The Morgan fingerprint density at radius 2 is 0.636 bits per heavy atom. The third-order valence-corrected chi connectivity index (χ3v) is 0. The molecule has 0 atom stereocenters. The van der Waals surface area contributed by atoms with Gasteiger partial charge in [0.2, 0.25) is 0 Å². The van der Waals surface area contributed by atoms with Crippen LogP contribution in [0.25, 0.3) is 0 Å². The van der Waals surface area contributed by atoms with E-state index in [0.717, 1.165) is 0 Å². The molecule has 63 valence electrons. The first-order valence-electron chi connectivity index (χ1n) is 1.07. The summed E-state index contributed by atoms with van der Waals surface area (Å²) >= 11 is -0.226. The molecule has 4 nitrogen and oxygen atoms in total.